The molecule has 0 bridgehead atoms. The predicted molar refractivity (Wildman–Crippen MR) is 72.7 cm³/mol. The zero-order valence-electron chi connectivity index (χ0n) is 9.19. The summed E-state index contributed by atoms with van der Waals surface area (Å²) in [4.78, 5) is 22.7. The van der Waals surface area contributed by atoms with E-state index in [9.17, 15) is 9.59 Å². The Morgan fingerprint density at radius 3 is 2.56 bits per heavy atom. The zero-order chi connectivity index (χ0) is 13.1. The molecule has 0 aromatic heterocycles. The molecular weight excluding hydrogens is 271 g/mol. The summed E-state index contributed by atoms with van der Waals surface area (Å²) < 4.78 is 0. The van der Waals surface area contributed by atoms with Gasteiger partial charge in [-0.2, -0.15) is 0 Å². The van der Waals surface area contributed by atoms with E-state index in [0.717, 1.165) is 0 Å². The van der Waals surface area contributed by atoms with Gasteiger partial charge in [0, 0.05) is 15.6 Å². The monoisotopic (exact) mass is 278 g/mol. The van der Waals surface area contributed by atoms with Gasteiger partial charge in [-0.25, -0.2) is 0 Å². The minimum atomic E-state index is -0.205. The van der Waals surface area contributed by atoms with Crippen molar-refractivity contribution in [3.05, 3.63) is 63.7 Å². The highest BCUT2D eigenvalue weighted by Gasteiger charge is 2.10. The third-order valence-corrected chi connectivity index (χ3v) is 2.96. The van der Waals surface area contributed by atoms with Gasteiger partial charge < -0.3 is 0 Å². The molecule has 0 saturated heterocycles. The van der Waals surface area contributed by atoms with Gasteiger partial charge in [-0.05, 0) is 42.0 Å². The topological polar surface area (TPSA) is 34.1 Å². The highest BCUT2D eigenvalue weighted by atomic mass is 35.5. The van der Waals surface area contributed by atoms with Crippen LogP contribution < -0.4 is 0 Å². The number of allylic oxidation sites excluding steroid dienone is 5. The third kappa shape index (κ3) is 2.97. The molecule has 18 heavy (non-hydrogen) atoms. The summed E-state index contributed by atoms with van der Waals surface area (Å²) in [6.07, 6.45) is 7.00. The first kappa shape index (κ1) is 12.8. The van der Waals surface area contributed by atoms with Gasteiger partial charge in [0.25, 0.3) is 0 Å². The molecule has 0 N–H and O–H groups in total. The van der Waals surface area contributed by atoms with Crippen molar-refractivity contribution in [2.45, 2.75) is 0 Å². The van der Waals surface area contributed by atoms with Gasteiger partial charge in [0.05, 0.1) is 0 Å². The molecule has 1 aliphatic carbocycles. The molecule has 0 radical (unpaired) electrons. The first-order valence-electron chi connectivity index (χ1n) is 5.17. The van der Waals surface area contributed by atoms with Crippen molar-refractivity contribution < 1.29 is 9.59 Å². The molecule has 1 aromatic carbocycles. The average molecular weight is 279 g/mol. The molecule has 0 unspecified atom stereocenters. The number of carbonyl (C=O) groups is 2. The Morgan fingerprint density at radius 2 is 1.78 bits per heavy atom. The molecular formula is C14H8Cl2O2. The van der Waals surface area contributed by atoms with Crippen LogP contribution in [-0.4, -0.2) is 11.6 Å². The zero-order valence-corrected chi connectivity index (χ0v) is 10.7. The number of benzene rings is 1. The second kappa shape index (κ2) is 5.34. The maximum atomic E-state index is 11.5. The van der Waals surface area contributed by atoms with Crippen molar-refractivity contribution in [3.63, 3.8) is 0 Å². The Balaban J connectivity index is 2.28. The van der Waals surface area contributed by atoms with Gasteiger partial charge >= 0.3 is 0 Å². The summed E-state index contributed by atoms with van der Waals surface area (Å²) in [5.74, 6) is -0.407. The predicted octanol–water partition coefficient (Wildman–Crippen LogP) is 3.64. The number of rotatable bonds is 2. The van der Waals surface area contributed by atoms with Crippen molar-refractivity contribution in [3.8, 4) is 0 Å². The summed E-state index contributed by atoms with van der Waals surface area (Å²) in [5, 5.41) is 1.08. The molecule has 1 aromatic rings. The van der Waals surface area contributed by atoms with Crippen molar-refractivity contribution in [1.29, 1.82) is 0 Å². The minimum Gasteiger partial charge on any atom is -0.290 e. The number of halogens is 2. The Labute approximate surface area is 114 Å². The third-order valence-electron chi connectivity index (χ3n) is 2.38. The Morgan fingerprint density at radius 1 is 1.00 bits per heavy atom. The van der Waals surface area contributed by atoms with E-state index in [1.165, 1.54) is 18.2 Å². The lowest BCUT2D eigenvalue weighted by Gasteiger charge is -2.02. The van der Waals surface area contributed by atoms with E-state index in [4.69, 9.17) is 23.2 Å². The fourth-order valence-electron chi connectivity index (χ4n) is 1.48. The van der Waals surface area contributed by atoms with Crippen LogP contribution >= 0.6 is 23.2 Å². The Kier molecular flexibility index (Phi) is 3.80. The molecule has 0 heterocycles. The SMILES string of the molecule is O=C1C=CC(=O)C(/C=C/c2cc(Cl)ccc2Cl)=C1. The molecule has 0 aliphatic heterocycles. The van der Waals surface area contributed by atoms with E-state index in [-0.39, 0.29) is 11.6 Å². The fraction of sp³-hybridized carbons (Fsp3) is 0. The summed E-state index contributed by atoms with van der Waals surface area (Å²) in [5.41, 5.74) is 1.03. The molecule has 90 valence electrons. The molecule has 4 heteroatoms. The van der Waals surface area contributed by atoms with Crippen molar-refractivity contribution in [2.75, 3.05) is 0 Å². The number of hydrogen-bond acceptors (Lipinski definition) is 2. The van der Waals surface area contributed by atoms with Gasteiger partial charge in [0.15, 0.2) is 11.6 Å². The van der Waals surface area contributed by atoms with E-state index >= 15 is 0 Å². The van der Waals surface area contributed by atoms with E-state index in [1.54, 1.807) is 30.4 Å². The summed E-state index contributed by atoms with van der Waals surface area (Å²) in [7, 11) is 0. The first-order valence-corrected chi connectivity index (χ1v) is 5.93. The maximum Gasteiger partial charge on any atom is 0.186 e. The number of hydrogen-bond donors (Lipinski definition) is 0. The van der Waals surface area contributed by atoms with Gasteiger partial charge in [-0.1, -0.05) is 35.4 Å². The van der Waals surface area contributed by atoms with E-state index < -0.39 is 0 Å². The standard InChI is InChI=1S/C14H8Cl2O2/c15-11-3-5-13(16)9(7-11)1-2-10-8-12(17)4-6-14(10)18/h1-8H/b2-1+. The van der Waals surface area contributed by atoms with Gasteiger partial charge in [-0.15, -0.1) is 0 Å². The normalized spacial score (nSPS) is 15.3. The van der Waals surface area contributed by atoms with Crippen LogP contribution in [0.2, 0.25) is 10.0 Å². The van der Waals surface area contributed by atoms with Crippen molar-refractivity contribution >= 4 is 40.8 Å². The smallest absolute Gasteiger partial charge is 0.186 e. The lowest BCUT2D eigenvalue weighted by Crippen LogP contribution is -2.05. The molecule has 0 saturated carbocycles. The molecule has 2 nitrogen and oxygen atoms in total. The van der Waals surface area contributed by atoms with Gasteiger partial charge in [0.2, 0.25) is 0 Å². The summed E-state index contributed by atoms with van der Waals surface area (Å²) in [6.45, 7) is 0. The van der Waals surface area contributed by atoms with Gasteiger partial charge in [-0.3, -0.25) is 9.59 Å². The van der Waals surface area contributed by atoms with Crippen LogP contribution in [0.5, 0.6) is 0 Å². The lowest BCUT2D eigenvalue weighted by atomic mass is 10.0. The van der Waals surface area contributed by atoms with Crippen LogP contribution in [0.4, 0.5) is 0 Å². The van der Waals surface area contributed by atoms with E-state index in [2.05, 4.69) is 0 Å². The summed E-state index contributed by atoms with van der Waals surface area (Å²) >= 11 is 11.8. The van der Waals surface area contributed by atoms with Crippen LogP contribution in [0, 0.1) is 0 Å². The largest absolute Gasteiger partial charge is 0.290 e. The average Bonchev–Trinajstić information content (AvgIpc) is 2.34. The van der Waals surface area contributed by atoms with Crippen molar-refractivity contribution in [1.82, 2.24) is 0 Å². The lowest BCUT2D eigenvalue weighted by molar-refractivity contribution is -0.114. The minimum absolute atomic E-state index is 0.202. The second-order valence-electron chi connectivity index (χ2n) is 3.70. The van der Waals surface area contributed by atoms with E-state index in [1.807, 2.05) is 0 Å². The molecule has 1 aliphatic rings. The quantitative estimate of drug-likeness (QED) is 0.774. The Bertz CT molecular complexity index is 610. The molecule has 0 atom stereocenters. The molecule has 0 fully saturated rings. The fourth-order valence-corrected chi connectivity index (χ4v) is 1.84. The maximum absolute atomic E-state index is 11.5. The highest BCUT2D eigenvalue weighted by molar-refractivity contribution is 6.34. The molecule has 0 amide bonds. The van der Waals surface area contributed by atoms with Crippen LogP contribution in [0.15, 0.2) is 48.1 Å². The van der Waals surface area contributed by atoms with Crippen LogP contribution in [-0.2, 0) is 9.59 Å². The number of carbonyl (C=O) groups excluding carboxylic acids is 2. The molecule has 2 rings (SSSR count). The first-order chi connectivity index (χ1) is 8.56. The van der Waals surface area contributed by atoms with Crippen LogP contribution in [0.25, 0.3) is 6.08 Å². The summed E-state index contributed by atoms with van der Waals surface area (Å²) in [6, 6.07) is 5.04. The second-order valence-corrected chi connectivity index (χ2v) is 4.54. The van der Waals surface area contributed by atoms with Gasteiger partial charge in [0.1, 0.15) is 0 Å². The van der Waals surface area contributed by atoms with E-state index in [0.29, 0.717) is 21.2 Å². The molecule has 0 spiro atoms. The van der Waals surface area contributed by atoms with Crippen LogP contribution in [0.1, 0.15) is 5.56 Å². The number of ketones is 2. The van der Waals surface area contributed by atoms with Crippen molar-refractivity contribution in [2.24, 2.45) is 0 Å². The highest BCUT2D eigenvalue weighted by Crippen LogP contribution is 2.22. The Hall–Kier alpha value is -1.64. The van der Waals surface area contributed by atoms with Crippen LogP contribution in [0.3, 0.4) is 0 Å².